The Hall–Kier alpha value is -3.69. The summed E-state index contributed by atoms with van der Waals surface area (Å²) in [4.78, 5) is 69.6. The lowest BCUT2D eigenvalue weighted by Gasteiger charge is -2.49. The zero-order valence-corrected chi connectivity index (χ0v) is 38.8. The van der Waals surface area contributed by atoms with Gasteiger partial charge in [-0.05, 0) is 81.3 Å². The number of carbonyl (C=O) groups excluding carboxylic acids is 1. The summed E-state index contributed by atoms with van der Waals surface area (Å²) < 4.78 is 12.5. The minimum atomic E-state index is -0.376. The van der Waals surface area contributed by atoms with Crippen molar-refractivity contribution in [1.29, 1.82) is 0 Å². The Bertz CT molecular complexity index is 2030. The van der Waals surface area contributed by atoms with Gasteiger partial charge in [0.2, 0.25) is 0 Å². The highest BCUT2D eigenvalue weighted by molar-refractivity contribution is 5.96. The Labute approximate surface area is 365 Å². The van der Waals surface area contributed by atoms with Crippen molar-refractivity contribution in [3.8, 4) is 0 Å². The van der Waals surface area contributed by atoms with Gasteiger partial charge in [0.25, 0.3) is 11.1 Å². The van der Waals surface area contributed by atoms with Crippen molar-refractivity contribution in [3.63, 3.8) is 0 Å². The van der Waals surface area contributed by atoms with Crippen molar-refractivity contribution in [3.05, 3.63) is 76.3 Å². The monoisotopic (exact) mass is 845 g/mol. The summed E-state index contributed by atoms with van der Waals surface area (Å²) in [6.07, 6.45) is 32.2. The van der Waals surface area contributed by atoms with Crippen LogP contribution in [0.3, 0.4) is 0 Å². The van der Waals surface area contributed by atoms with Crippen LogP contribution in [0.2, 0.25) is 0 Å². The van der Waals surface area contributed by atoms with E-state index in [1.54, 1.807) is 21.4 Å². The van der Waals surface area contributed by atoms with E-state index in [2.05, 4.69) is 40.7 Å². The molecule has 4 atom stereocenters. The third kappa shape index (κ3) is 12.7. The maximum atomic E-state index is 14.2. The van der Waals surface area contributed by atoms with Gasteiger partial charge in [0, 0.05) is 50.1 Å². The van der Waals surface area contributed by atoms with Crippen molar-refractivity contribution in [2.24, 2.45) is 17.3 Å². The van der Waals surface area contributed by atoms with E-state index in [0.717, 1.165) is 141 Å². The van der Waals surface area contributed by atoms with E-state index in [9.17, 15) is 24.0 Å². The van der Waals surface area contributed by atoms with E-state index >= 15 is 0 Å². The van der Waals surface area contributed by atoms with Gasteiger partial charge in [-0.25, -0.2) is 14.4 Å². The third-order valence-corrected chi connectivity index (χ3v) is 14.2. The zero-order valence-electron chi connectivity index (χ0n) is 38.8. The molecule has 340 valence electrons. The molecule has 10 nitrogen and oxygen atoms in total. The van der Waals surface area contributed by atoms with Gasteiger partial charge < -0.3 is 4.74 Å². The Balaban J connectivity index is 1.48. The first-order valence-electron chi connectivity index (χ1n) is 24.9. The Morgan fingerprint density at radius 1 is 0.607 bits per heavy atom. The fourth-order valence-corrected chi connectivity index (χ4v) is 10.5. The number of esters is 1. The number of carbonyl (C=O) groups is 1. The molecule has 2 saturated carbocycles. The van der Waals surface area contributed by atoms with Crippen LogP contribution in [0, 0.1) is 17.3 Å². The number of aromatic nitrogens is 4. The standard InChI is InChI=1S/C51H80N4O6/c1-6-10-14-18-22-29-52-37-40(46(56)54(49(52)59)31-24-20-16-12-8-3)33-39-27-26-28-51(5)36-45-42(35-44(39)51)43(48(58)61-45)34-41-38-53(30-23-19-15-11-7-2)50(60)55(47(41)57)32-25-21-17-13-9-4/h33-34,37-38,42,44-45H,6-32,35-36H2,1-5H3/b39-33+,43-34+/t42-,44+,45-,51-/m1/s1. The summed E-state index contributed by atoms with van der Waals surface area (Å²) >= 11 is 0. The first kappa shape index (κ1) is 48.3. The largest absolute Gasteiger partial charge is 0.458 e. The Kier molecular flexibility index (Phi) is 19.2. The molecule has 2 aromatic heterocycles. The summed E-state index contributed by atoms with van der Waals surface area (Å²) in [7, 11) is 0. The third-order valence-electron chi connectivity index (χ3n) is 14.2. The molecular formula is C51H80N4O6. The second-order valence-electron chi connectivity index (χ2n) is 19.1. The molecule has 5 rings (SSSR count). The Morgan fingerprint density at radius 2 is 1.05 bits per heavy atom. The van der Waals surface area contributed by atoms with Gasteiger partial charge in [0.15, 0.2) is 0 Å². The summed E-state index contributed by atoms with van der Waals surface area (Å²) in [5.41, 5.74) is 1.51. The quantitative estimate of drug-likeness (QED) is 0.0529. The highest BCUT2D eigenvalue weighted by atomic mass is 16.6. The predicted molar refractivity (Wildman–Crippen MR) is 249 cm³/mol. The molecule has 0 unspecified atom stereocenters. The molecule has 0 bridgehead atoms. The van der Waals surface area contributed by atoms with Crippen LogP contribution in [0.4, 0.5) is 0 Å². The normalized spacial score (nSPS) is 22.5. The zero-order chi connectivity index (χ0) is 43.8. The van der Waals surface area contributed by atoms with Gasteiger partial charge in [-0.2, -0.15) is 0 Å². The molecule has 1 aliphatic heterocycles. The van der Waals surface area contributed by atoms with E-state index in [0.29, 0.717) is 55.7 Å². The smallest absolute Gasteiger partial charge is 0.334 e. The number of unbranched alkanes of at least 4 members (excludes halogenated alkanes) is 16. The highest BCUT2D eigenvalue weighted by Gasteiger charge is 2.53. The molecule has 2 aliphatic carbocycles. The molecule has 3 heterocycles. The summed E-state index contributed by atoms with van der Waals surface area (Å²) in [5.74, 6) is -0.479. The van der Waals surface area contributed by atoms with Gasteiger partial charge in [0.05, 0.1) is 11.1 Å². The number of fused-ring (bicyclic) bond motifs is 2. The van der Waals surface area contributed by atoms with Crippen LogP contribution in [-0.2, 0) is 35.7 Å². The summed E-state index contributed by atoms with van der Waals surface area (Å²) in [6.45, 7) is 13.0. The molecule has 0 aromatic carbocycles. The second kappa shape index (κ2) is 24.2. The SMILES string of the molecule is CCCCCCCn1cc(/C=C2/C(=O)O[C@@H]3C[C@@]4(C)CCC/C(=C\c5cn(CCCCCCC)c(=O)n(CCCCCCC)c5=O)[C@@H]4C[C@H]23)c(=O)n(CCCCCCC)c1=O. The summed E-state index contributed by atoms with van der Waals surface area (Å²) in [5, 5.41) is 0. The van der Waals surface area contributed by atoms with Gasteiger partial charge in [-0.15, -0.1) is 0 Å². The lowest BCUT2D eigenvalue weighted by Crippen LogP contribution is -2.44. The Morgan fingerprint density at radius 3 is 1.52 bits per heavy atom. The topological polar surface area (TPSA) is 114 Å². The van der Waals surface area contributed by atoms with Gasteiger partial charge in [-0.3, -0.25) is 27.9 Å². The van der Waals surface area contributed by atoms with Crippen molar-refractivity contribution in [2.75, 3.05) is 0 Å². The first-order chi connectivity index (χ1) is 29.6. The number of aryl methyl sites for hydroxylation is 2. The number of nitrogens with zero attached hydrogens (tertiary/aromatic N) is 4. The molecule has 2 aromatic rings. The number of allylic oxidation sites excluding steroid dienone is 1. The highest BCUT2D eigenvalue weighted by Crippen LogP contribution is 2.57. The predicted octanol–water partition coefficient (Wildman–Crippen LogP) is 10.8. The van der Waals surface area contributed by atoms with Crippen LogP contribution in [-0.4, -0.2) is 30.3 Å². The second-order valence-corrected chi connectivity index (χ2v) is 19.1. The van der Waals surface area contributed by atoms with E-state index in [1.165, 1.54) is 21.1 Å². The average molecular weight is 845 g/mol. The van der Waals surface area contributed by atoms with E-state index in [1.807, 2.05) is 6.20 Å². The van der Waals surface area contributed by atoms with Gasteiger partial charge >= 0.3 is 17.3 Å². The lowest BCUT2D eigenvalue weighted by atomic mass is 9.55. The van der Waals surface area contributed by atoms with E-state index in [4.69, 9.17) is 4.74 Å². The molecule has 3 aliphatic rings. The maximum absolute atomic E-state index is 14.2. The molecule has 3 fully saturated rings. The molecule has 0 radical (unpaired) electrons. The molecule has 61 heavy (non-hydrogen) atoms. The number of ether oxygens (including phenoxy) is 1. The fraction of sp³-hybridized carbons (Fsp3) is 0.745. The van der Waals surface area contributed by atoms with Crippen LogP contribution in [0.25, 0.3) is 12.2 Å². The van der Waals surface area contributed by atoms with Crippen LogP contribution >= 0.6 is 0 Å². The van der Waals surface area contributed by atoms with Crippen LogP contribution in [0.1, 0.15) is 206 Å². The molecule has 0 spiro atoms. The molecule has 1 saturated heterocycles. The van der Waals surface area contributed by atoms with Crippen LogP contribution < -0.4 is 22.5 Å². The number of hydrogen-bond acceptors (Lipinski definition) is 6. The van der Waals surface area contributed by atoms with Crippen LogP contribution in [0.5, 0.6) is 0 Å². The average Bonchev–Trinajstić information content (AvgIpc) is 3.53. The van der Waals surface area contributed by atoms with E-state index in [-0.39, 0.29) is 51.8 Å². The minimum Gasteiger partial charge on any atom is -0.458 e. The van der Waals surface area contributed by atoms with E-state index < -0.39 is 0 Å². The van der Waals surface area contributed by atoms with Crippen LogP contribution in [0.15, 0.2) is 42.7 Å². The van der Waals surface area contributed by atoms with Crippen molar-refractivity contribution < 1.29 is 9.53 Å². The molecule has 0 amide bonds. The molecular weight excluding hydrogens is 765 g/mol. The fourth-order valence-electron chi connectivity index (χ4n) is 10.5. The first-order valence-corrected chi connectivity index (χ1v) is 24.9. The van der Waals surface area contributed by atoms with Gasteiger partial charge in [-0.1, -0.05) is 143 Å². The molecule has 0 N–H and O–H groups in total. The minimum absolute atomic E-state index is 0.105. The van der Waals surface area contributed by atoms with Crippen molar-refractivity contribution in [2.45, 2.75) is 227 Å². The van der Waals surface area contributed by atoms with Crippen molar-refractivity contribution >= 4 is 18.1 Å². The number of hydrogen-bond donors (Lipinski definition) is 0. The maximum Gasteiger partial charge on any atom is 0.334 e. The van der Waals surface area contributed by atoms with Gasteiger partial charge in [0.1, 0.15) is 6.10 Å². The summed E-state index contributed by atoms with van der Waals surface area (Å²) in [6, 6.07) is 0. The van der Waals surface area contributed by atoms with Crippen molar-refractivity contribution in [1.82, 2.24) is 18.3 Å². The number of rotatable bonds is 26. The molecule has 10 heteroatoms. The lowest BCUT2D eigenvalue weighted by molar-refractivity contribution is -0.142.